The van der Waals surface area contributed by atoms with Crippen LogP contribution in [-0.4, -0.2) is 37.7 Å². The van der Waals surface area contributed by atoms with Gasteiger partial charge in [-0.25, -0.2) is 0 Å². The molecule has 2 heteroatoms. The summed E-state index contributed by atoms with van der Waals surface area (Å²) in [6.07, 6.45) is 3.83. The molecular formula is C14H27NO. The standard InChI is InChI=1S/C14H27NO/c1-12(2)14(3,4)11-15-9-6-7-13(15)8-10-16-5/h13H,1,6-11H2,2-5H3/t13-/m1/s1. The number of hydrogen-bond acceptors (Lipinski definition) is 2. The molecular weight excluding hydrogens is 198 g/mol. The van der Waals surface area contributed by atoms with E-state index >= 15 is 0 Å². The summed E-state index contributed by atoms with van der Waals surface area (Å²) >= 11 is 0. The molecule has 2 nitrogen and oxygen atoms in total. The Morgan fingerprint density at radius 2 is 2.19 bits per heavy atom. The van der Waals surface area contributed by atoms with Gasteiger partial charge in [-0.05, 0) is 38.1 Å². The number of hydrogen-bond donors (Lipinski definition) is 0. The second-order valence-corrected chi connectivity index (χ2v) is 5.71. The van der Waals surface area contributed by atoms with E-state index in [4.69, 9.17) is 4.74 Å². The molecule has 0 N–H and O–H groups in total. The second kappa shape index (κ2) is 5.83. The Morgan fingerprint density at radius 1 is 1.50 bits per heavy atom. The number of likely N-dealkylation sites (tertiary alicyclic amines) is 1. The molecule has 0 spiro atoms. The molecule has 0 bridgehead atoms. The van der Waals surface area contributed by atoms with Crippen molar-refractivity contribution in [3.05, 3.63) is 12.2 Å². The maximum Gasteiger partial charge on any atom is 0.0477 e. The van der Waals surface area contributed by atoms with Gasteiger partial charge in [0.2, 0.25) is 0 Å². The Labute approximate surface area is 101 Å². The second-order valence-electron chi connectivity index (χ2n) is 5.71. The lowest BCUT2D eigenvalue weighted by atomic mass is 9.85. The lowest BCUT2D eigenvalue weighted by Crippen LogP contribution is -2.38. The van der Waals surface area contributed by atoms with Crippen LogP contribution in [0.25, 0.3) is 0 Å². The van der Waals surface area contributed by atoms with Crippen molar-refractivity contribution in [2.24, 2.45) is 5.41 Å². The fourth-order valence-electron chi connectivity index (χ4n) is 2.33. The van der Waals surface area contributed by atoms with Gasteiger partial charge in [-0.3, -0.25) is 4.90 Å². The summed E-state index contributed by atoms with van der Waals surface area (Å²) in [5, 5.41) is 0. The molecule has 0 radical (unpaired) electrons. The molecule has 0 aromatic heterocycles. The van der Waals surface area contributed by atoms with Gasteiger partial charge in [-0.15, -0.1) is 0 Å². The minimum Gasteiger partial charge on any atom is -0.385 e. The van der Waals surface area contributed by atoms with Crippen molar-refractivity contribution in [3.63, 3.8) is 0 Å². The van der Waals surface area contributed by atoms with E-state index in [1.165, 1.54) is 31.4 Å². The van der Waals surface area contributed by atoms with Gasteiger partial charge >= 0.3 is 0 Å². The van der Waals surface area contributed by atoms with Crippen LogP contribution in [0.2, 0.25) is 0 Å². The van der Waals surface area contributed by atoms with Gasteiger partial charge in [-0.2, -0.15) is 0 Å². The van der Waals surface area contributed by atoms with Crippen LogP contribution in [0.5, 0.6) is 0 Å². The van der Waals surface area contributed by atoms with Crippen molar-refractivity contribution in [2.75, 3.05) is 26.8 Å². The Hall–Kier alpha value is -0.340. The van der Waals surface area contributed by atoms with Crippen molar-refractivity contribution >= 4 is 0 Å². The van der Waals surface area contributed by atoms with Crippen LogP contribution in [-0.2, 0) is 4.74 Å². The summed E-state index contributed by atoms with van der Waals surface area (Å²) in [6.45, 7) is 14.1. The van der Waals surface area contributed by atoms with E-state index in [0.717, 1.165) is 19.2 Å². The summed E-state index contributed by atoms with van der Waals surface area (Å²) in [4.78, 5) is 2.62. The highest BCUT2D eigenvalue weighted by Crippen LogP contribution is 2.30. The first-order chi connectivity index (χ1) is 7.47. The largest absolute Gasteiger partial charge is 0.385 e. The van der Waals surface area contributed by atoms with Crippen LogP contribution >= 0.6 is 0 Å². The molecule has 1 aliphatic heterocycles. The zero-order chi connectivity index (χ0) is 12.2. The molecule has 0 aliphatic carbocycles. The molecule has 0 saturated carbocycles. The Balaban J connectivity index is 2.49. The van der Waals surface area contributed by atoms with Crippen LogP contribution in [0.3, 0.4) is 0 Å². The van der Waals surface area contributed by atoms with Gasteiger partial charge in [0, 0.05) is 26.3 Å². The maximum atomic E-state index is 5.19. The number of nitrogens with zero attached hydrogens (tertiary/aromatic N) is 1. The van der Waals surface area contributed by atoms with E-state index in [1.54, 1.807) is 7.11 Å². The summed E-state index contributed by atoms with van der Waals surface area (Å²) in [5.41, 5.74) is 1.51. The molecule has 0 amide bonds. The molecule has 1 atom stereocenters. The number of ether oxygens (including phenoxy) is 1. The van der Waals surface area contributed by atoms with Gasteiger partial charge in [0.15, 0.2) is 0 Å². The molecule has 0 aromatic carbocycles. The minimum absolute atomic E-state index is 0.232. The van der Waals surface area contributed by atoms with Gasteiger partial charge in [0.05, 0.1) is 0 Å². The molecule has 1 fully saturated rings. The zero-order valence-electron chi connectivity index (χ0n) is 11.4. The lowest BCUT2D eigenvalue weighted by Gasteiger charge is -2.34. The van der Waals surface area contributed by atoms with E-state index in [0.29, 0.717) is 0 Å². The molecule has 0 unspecified atom stereocenters. The summed E-state index contributed by atoms with van der Waals surface area (Å²) in [5.74, 6) is 0. The Kier molecular flexibility index (Phi) is 5.00. The van der Waals surface area contributed by atoms with Gasteiger partial charge < -0.3 is 4.74 Å². The highest BCUT2D eigenvalue weighted by Gasteiger charge is 2.30. The quantitative estimate of drug-likeness (QED) is 0.644. The predicted octanol–water partition coefficient (Wildman–Crippen LogP) is 3.09. The normalized spacial score (nSPS) is 22.6. The van der Waals surface area contributed by atoms with Gasteiger partial charge in [0.1, 0.15) is 0 Å². The van der Waals surface area contributed by atoms with Crippen LogP contribution in [0, 0.1) is 5.41 Å². The van der Waals surface area contributed by atoms with E-state index in [1.807, 2.05) is 0 Å². The van der Waals surface area contributed by atoms with Crippen LogP contribution < -0.4 is 0 Å². The first kappa shape index (κ1) is 13.7. The predicted molar refractivity (Wildman–Crippen MR) is 69.7 cm³/mol. The molecule has 1 saturated heterocycles. The fraction of sp³-hybridized carbons (Fsp3) is 0.857. The van der Waals surface area contributed by atoms with Crippen molar-refractivity contribution in [2.45, 2.75) is 46.1 Å². The molecule has 16 heavy (non-hydrogen) atoms. The van der Waals surface area contributed by atoms with Crippen molar-refractivity contribution in [1.29, 1.82) is 0 Å². The Bertz CT molecular complexity index is 235. The van der Waals surface area contributed by atoms with Gasteiger partial charge in [0.25, 0.3) is 0 Å². The first-order valence-electron chi connectivity index (χ1n) is 6.36. The van der Waals surface area contributed by atoms with E-state index in [-0.39, 0.29) is 5.41 Å². The summed E-state index contributed by atoms with van der Waals surface area (Å²) in [6, 6.07) is 0.721. The topological polar surface area (TPSA) is 12.5 Å². The average molecular weight is 225 g/mol. The van der Waals surface area contributed by atoms with Crippen molar-refractivity contribution in [3.8, 4) is 0 Å². The minimum atomic E-state index is 0.232. The summed E-state index contributed by atoms with van der Waals surface area (Å²) < 4.78 is 5.19. The first-order valence-corrected chi connectivity index (χ1v) is 6.36. The monoisotopic (exact) mass is 225 g/mol. The third-order valence-electron chi connectivity index (χ3n) is 3.91. The van der Waals surface area contributed by atoms with Crippen LogP contribution in [0.15, 0.2) is 12.2 Å². The van der Waals surface area contributed by atoms with Crippen LogP contribution in [0.4, 0.5) is 0 Å². The molecule has 1 heterocycles. The van der Waals surface area contributed by atoms with Crippen LogP contribution in [0.1, 0.15) is 40.0 Å². The number of methoxy groups -OCH3 is 1. The fourth-order valence-corrected chi connectivity index (χ4v) is 2.33. The SMILES string of the molecule is C=C(C)C(C)(C)CN1CCC[C@@H]1CCOC. The van der Waals surface area contributed by atoms with Crippen molar-refractivity contribution in [1.82, 2.24) is 4.90 Å². The van der Waals surface area contributed by atoms with E-state index < -0.39 is 0 Å². The highest BCUT2D eigenvalue weighted by atomic mass is 16.5. The molecule has 94 valence electrons. The zero-order valence-corrected chi connectivity index (χ0v) is 11.4. The van der Waals surface area contributed by atoms with Crippen molar-refractivity contribution < 1.29 is 4.74 Å². The molecule has 1 rings (SSSR count). The lowest BCUT2D eigenvalue weighted by molar-refractivity contribution is 0.133. The molecule has 1 aliphatic rings. The van der Waals surface area contributed by atoms with E-state index in [9.17, 15) is 0 Å². The highest BCUT2D eigenvalue weighted by molar-refractivity contribution is 5.05. The van der Waals surface area contributed by atoms with Gasteiger partial charge in [-0.1, -0.05) is 26.0 Å². The Morgan fingerprint density at radius 3 is 2.75 bits per heavy atom. The average Bonchev–Trinajstić information content (AvgIpc) is 2.61. The number of rotatable bonds is 6. The third-order valence-corrected chi connectivity index (χ3v) is 3.91. The van der Waals surface area contributed by atoms with E-state index in [2.05, 4.69) is 32.3 Å². The third kappa shape index (κ3) is 3.60. The maximum absolute atomic E-state index is 5.19. The summed E-state index contributed by atoms with van der Waals surface area (Å²) in [7, 11) is 1.79. The molecule has 0 aromatic rings. The smallest absolute Gasteiger partial charge is 0.0477 e.